The van der Waals surface area contributed by atoms with Crippen molar-refractivity contribution in [1.29, 1.82) is 0 Å². The molecule has 164 valence electrons. The molecule has 4 atom stereocenters. The Hall–Kier alpha value is -3.02. The number of amides is 1. The van der Waals surface area contributed by atoms with Crippen LogP contribution in [-0.2, 0) is 22.6 Å². The molecule has 0 N–H and O–H groups in total. The van der Waals surface area contributed by atoms with Crippen LogP contribution in [0.1, 0.15) is 44.2 Å². The van der Waals surface area contributed by atoms with E-state index in [1.54, 1.807) is 4.90 Å². The average molecular weight is 423 g/mol. The van der Waals surface area contributed by atoms with Crippen LogP contribution in [0.25, 0.3) is 10.4 Å². The quantitative estimate of drug-likeness (QED) is 0.304. The second-order valence-corrected chi connectivity index (χ2v) is 7.86. The zero-order chi connectivity index (χ0) is 22.1. The van der Waals surface area contributed by atoms with Crippen LogP contribution in [-0.4, -0.2) is 35.3 Å². The first-order valence-corrected chi connectivity index (χ1v) is 10.8. The zero-order valence-corrected chi connectivity index (χ0v) is 18.1. The van der Waals surface area contributed by atoms with Crippen molar-refractivity contribution in [3.63, 3.8) is 0 Å². The van der Waals surface area contributed by atoms with Crippen LogP contribution in [0.5, 0.6) is 0 Å². The minimum absolute atomic E-state index is 0.141. The van der Waals surface area contributed by atoms with Crippen LogP contribution < -0.4 is 0 Å². The highest BCUT2D eigenvalue weighted by atomic mass is 16.6. The second-order valence-electron chi connectivity index (χ2n) is 7.86. The van der Waals surface area contributed by atoms with Gasteiger partial charge in [0, 0.05) is 11.5 Å². The van der Waals surface area contributed by atoms with E-state index in [1.165, 1.54) is 0 Å². The third-order valence-corrected chi connectivity index (χ3v) is 5.76. The van der Waals surface area contributed by atoms with Crippen LogP contribution in [0.4, 0.5) is 4.79 Å². The Morgan fingerprint density at radius 3 is 2.39 bits per heavy atom. The summed E-state index contributed by atoms with van der Waals surface area (Å²) in [5, 5.41) is 3.85. The summed E-state index contributed by atoms with van der Waals surface area (Å²) in [6, 6.07) is 19.3. The van der Waals surface area contributed by atoms with E-state index in [0.717, 1.165) is 30.4 Å². The lowest BCUT2D eigenvalue weighted by molar-refractivity contribution is -0.0898. The summed E-state index contributed by atoms with van der Waals surface area (Å²) < 4.78 is 11.9. The van der Waals surface area contributed by atoms with Crippen molar-refractivity contribution in [3.8, 4) is 0 Å². The van der Waals surface area contributed by atoms with E-state index in [2.05, 4.69) is 16.9 Å². The van der Waals surface area contributed by atoms with E-state index in [1.807, 2.05) is 67.6 Å². The molecule has 1 amide bonds. The van der Waals surface area contributed by atoms with E-state index in [0.29, 0.717) is 6.54 Å². The molecule has 7 heteroatoms. The Morgan fingerprint density at radius 1 is 1.16 bits per heavy atom. The van der Waals surface area contributed by atoms with Crippen LogP contribution in [0.2, 0.25) is 0 Å². The maximum absolute atomic E-state index is 13.2. The number of azide groups is 1. The zero-order valence-electron chi connectivity index (χ0n) is 18.1. The van der Waals surface area contributed by atoms with E-state index < -0.39 is 0 Å². The van der Waals surface area contributed by atoms with Crippen LogP contribution in [0, 0.1) is 0 Å². The lowest BCUT2D eigenvalue weighted by Crippen LogP contribution is -2.51. The summed E-state index contributed by atoms with van der Waals surface area (Å²) in [5.41, 5.74) is 10.8. The highest BCUT2D eigenvalue weighted by Gasteiger charge is 2.37. The molecule has 1 aliphatic heterocycles. The fourth-order valence-corrected chi connectivity index (χ4v) is 4.09. The van der Waals surface area contributed by atoms with Gasteiger partial charge in [-0.05, 0) is 42.8 Å². The Bertz CT molecular complexity index is 871. The van der Waals surface area contributed by atoms with Gasteiger partial charge < -0.3 is 9.47 Å². The van der Waals surface area contributed by atoms with Crippen molar-refractivity contribution in [2.45, 2.75) is 70.6 Å². The van der Waals surface area contributed by atoms with Crippen molar-refractivity contribution in [1.82, 2.24) is 4.90 Å². The smallest absolute Gasteiger partial charge is 0.410 e. The summed E-state index contributed by atoms with van der Waals surface area (Å²) >= 11 is 0. The van der Waals surface area contributed by atoms with E-state index >= 15 is 0 Å². The summed E-state index contributed by atoms with van der Waals surface area (Å²) in [4.78, 5) is 17.9. The number of carbonyl (C=O) groups excluding carboxylic acids is 1. The van der Waals surface area contributed by atoms with Crippen molar-refractivity contribution >= 4 is 6.09 Å². The Kier molecular flexibility index (Phi) is 8.33. The van der Waals surface area contributed by atoms with Gasteiger partial charge in [0.25, 0.3) is 0 Å². The predicted octanol–water partition coefficient (Wildman–Crippen LogP) is 5.85. The molecule has 3 rings (SSSR count). The number of hydrogen-bond acceptors (Lipinski definition) is 4. The molecule has 2 aromatic rings. The molecule has 31 heavy (non-hydrogen) atoms. The van der Waals surface area contributed by atoms with Gasteiger partial charge in [-0.3, -0.25) is 4.90 Å². The van der Waals surface area contributed by atoms with E-state index in [-0.39, 0.29) is 37.0 Å². The molecule has 2 aromatic carbocycles. The highest BCUT2D eigenvalue weighted by molar-refractivity contribution is 5.68. The molecule has 0 saturated carbocycles. The van der Waals surface area contributed by atoms with Gasteiger partial charge >= 0.3 is 6.09 Å². The third kappa shape index (κ3) is 6.23. The topological polar surface area (TPSA) is 87.5 Å². The molecule has 0 bridgehead atoms. The normalized spacial score (nSPS) is 21.5. The maximum Gasteiger partial charge on any atom is 0.410 e. The molecule has 1 fully saturated rings. The average Bonchev–Trinajstić information content (AvgIpc) is 2.80. The largest absolute Gasteiger partial charge is 0.445 e. The van der Waals surface area contributed by atoms with E-state index in [9.17, 15) is 4.79 Å². The summed E-state index contributed by atoms with van der Waals surface area (Å²) in [7, 11) is 0. The molecule has 1 heterocycles. The third-order valence-electron chi connectivity index (χ3n) is 5.76. The monoisotopic (exact) mass is 422 g/mol. The lowest BCUT2D eigenvalue weighted by atomic mass is 9.93. The minimum atomic E-state index is -0.354. The Labute approximate surface area is 183 Å². The minimum Gasteiger partial charge on any atom is -0.445 e. The number of rotatable bonds is 8. The number of nitrogens with zero attached hydrogens (tertiary/aromatic N) is 4. The molecule has 0 aromatic heterocycles. The first-order valence-electron chi connectivity index (χ1n) is 10.8. The second kappa shape index (κ2) is 11.4. The van der Waals surface area contributed by atoms with Crippen molar-refractivity contribution in [3.05, 3.63) is 82.2 Å². The molecule has 0 spiro atoms. The first kappa shape index (κ1) is 22.7. The van der Waals surface area contributed by atoms with Crippen LogP contribution in [0.15, 0.2) is 65.8 Å². The number of carbonyl (C=O) groups is 1. The highest BCUT2D eigenvalue weighted by Crippen LogP contribution is 2.29. The molecule has 7 nitrogen and oxygen atoms in total. The first-order chi connectivity index (χ1) is 15.1. The fourth-order valence-electron chi connectivity index (χ4n) is 4.09. The van der Waals surface area contributed by atoms with Gasteiger partial charge in [0.15, 0.2) is 0 Å². The lowest BCUT2D eigenvalue weighted by Gasteiger charge is -2.41. The van der Waals surface area contributed by atoms with E-state index in [4.69, 9.17) is 15.0 Å². The summed E-state index contributed by atoms with van der Waals surface area (Å²) in [6.45, 7) is 4.65. The molecule has 0 aliphatic carbocycles. The molecule has 1 saturated heterocycles. The van der Waals surface area contributed by atoms with Gasteiger partial charge in [0.05, 0.1) is 24.3 Å². The molecule has 1 aliphatic rings. The van der Waals surface area contributed by atoms with Crippen molar-refractivity contribution in [2.75, 3.05) is 0 Å². The van der Waals surface area contributed by atoms with Crippen molar-refractivity contribution < 1.29 is 14.3 Å². The molecule has 0 radical (unpaired) electrons. The Morgan fingerprint density at radius 2 is 1.81 bits per heavy atom. The van der Waals surface area contributed by atoms with Gasteiger partial charge in [-0.15, -0.1) is 0 Å². The van der Waals surface area contributed by atoms with Gasteiger partial charge in [-0.25, -0.2) is 4.79 Å². The number of ether oxygens (including phenoxy) is 2. The van der Waals surface area contributed by atoms with Gasteiger partial charge in [0.2, 0.25) is 0 Å². The van der Waals surface area contributed by atoms with Gasteiger partial charge in [-0.2, -0.15) is 0 Å². The standard InChI is InChI=1S/C24H30N4O3/c1-3-22(23-15-14-21(26-27-25)18(2)31-23)28(16-19-10-6-4-7-11-19)24(29)30-17-20-12-8-5-9-13-20/h4-13,18,21-23H,3,14-17H2,1-2H3. The number of benzene rings is 2. The number of hydrogen-bond donors (Lipinski definition) is 0. The van der Waals surface area contributed by atoms with Crippen LogP contribution >= 0.6 is 0 Å². The van der Waals surface area contributed by atoms with Gasteiger partial charge in [-0.1, -0.05) is 72.7 Å². The Balaban J connectivity index is 1.76. The van der Waals surface area contributed by atoms with Gasteiger partial charge in [0.1, 0.15) is 6.61 Å². The van der Waals surface area contributed by atoms with Crippen molar-refractivity contribution in [2.24, 2.45) is 5.11 Å². The summed E-state index contributed by atoms with van der Waals surface area (Å²) in [5.74, 6) is 0. The predicted molar refractivity (Wildman–Crippen MR) is 119 cm³/mol. The summed E-state index contributed by atoms with van der Waals surface area (Å²) in [6.07, 6.45) is 1.51. The van der Waals surface area contributed by atoms with Crippen LogP contribution in [0.3, 0.4) is 0 Å². The SMILES string of the molecule is CCC(C1CCC(N=[N+]=[N-])C(C)O1)N(Cc1ccccc1)C(=O)OCc1ccccc1. The molecular formula is C24H30N4O3. The molecule has 4 unspecified atom stereocenters. The maximum atomic E-state index is 13.2. The molecular weight excluding hydrogens is 392 g/mol. The fraction of sp³-hybridized carbons (Fsp3) is 0.458.